The monoisotopic (exact) mass is 277 g/mol. The van der Waals surface area contributed by atoms with Gasteiger partial charge in [0.1, 0.15) is 11.5 Å². The van der Waals surface area contributed by atoms with Crippen molar-refractivity contribution in [3.05, 3.63) is 58.6 Å². The van der Waals surface area contributed by atoms with E-state index >= 15 is 0 Å². The van der Waals surface area contributed by atoms with E-state index in [9.17, 15) is 0 Å². The van der Waals surface area contributed by atoms with Crippen molar-refractivity contribution in [2.45, 2.75) is 6.54 Å². The minimum absolute atomic E-state index is 0.521. The summed E-state index contributed by atoms with van der Waals surface area (Å²) in [6.45, 7) is 0.521. The van der Waals surface area contributed by atoms with Crippen LogP contribution in [0.15, 0.2) is 53.0 Å². The molecule has 2 rings (SSSR count). The van der Waals surface area contributed by atoms with E-state index in [1.54, 1.807) is 0 Å². The summed E-state index contributed by atoms with van der Waals surface area (Å²) >= 11 is 3.44. The lowest BCUT2D eigenvalue weighted by molar-refractivity contribution is 0.479. The van der Waals surface area contributed by atoms with Gasteiger partial charge in [0.15, 0.2) is 0 Å². The first kappa shape index (κ1) is 11.2. The van der Waals surface area contributed by atoms with E-state index in [1.165, 1.54) is 0 Å². The standard InChI is InChI=1S/C13H12BrNO/c14-12-6-1-2-7-13(12)16-11-5-3-4-10(8-11)9-15/h1-8H,9,15H2. The van der Waals surface area contributed by atoms with Gasteiger partial charge in [0.2, 0.25) is 0 Å². The van der Waals surface area contributed by atoms with Gasteiger partial charge >= 0.3 is 0 Å². The van der Waals surface area contributed by atoms with Gasteiger partial charge in [-0.25, -0.2) is 0 Å². The van der Waals surface area contributed by atoms with Crippen molar-refractivity contribution in [3.8, 4) is 11.5 Å². The summed E-state index contributed by atoms with van der Waals surface area (Å²) in [5, 5.41) is 0. The Bertz CT molecular complexity index is 485. The van der Waals surface area contributed by atoms with Gasteiger partial charge in [0.25, 0.3) is 0 Å². The second kappa shape index (κ2) is 5.14. The molecule has 0 radical (unpaired) electrons. The number of nitrogens with two attached hydrogens (primary N) is 1. The molecule has 16 heavy (non-hydrogen) atoms. The van der Waals surface area contributed by atoms with Crippen LogP contribution in [0.3, 0.4) is 0 Å². The molecule has 82 valence electrons. The number of hydrogen-bond donors (Lipinski definition) is 1. The van der Waals surface area contributed by atoms with Crippen molar-refractivity contribution in [1.82, 2.24) is 0 Å². The van der Waals surface area contributed by atoms with Crippen LogP contribution < -0.4 is 10.5 Å². The van der Waals surface area contributed by atoms with Crippen LogP contribution in [0.5, 0.6) is 11.5 Å². The lowest BCUT2D eigenvalue weighted by Gasteiger charge is -2.08. The highest BCUT2D eigenvalue weighted by molar-refractivity contribution is 9.10. The van der Waals surface area contributed by atoms with E-state index in [0.717, 1.165) is 21.5 Å². The maximum Gasteiger partial charge on any atom is 0.141 e. The topological polar surface area (TPSA) is 35.2 Å². The van der Waals surface area contributed by atoms with Gasteiger partial charge in [-0.2, -0.15) is 0 Å². The zero-order valence-electron chi connectivity index (χ0n) is 8.69. The molecular formula is C13H12BrNO. The molecule has 3 heteroatoms. The number of ether oxygens (including phenoxy) is 1. The van der Waals surface area contributed by atoms with Gasteiger partial charge in [-0.05, 0) is 45.8 Å². The molecule has 0 saturated heterocycles. The number of rotatable bonds is 3. The first-order valence-corrected chi connectivity index (χ1v) is 5.80. The van der Waals surface area contributed by atoms with Crippen molar-refractivity contribution < 1.29 is 4.74 Å². The number of benzene rings is 2. The van der Waals surface area contributed by atoms with Gasteiger partial charge in [-0.15, -0.1) is 0 Å². The normalized spacial score (nSPS) is 10.1. The van der Waals surface area contributed by atoms with E-state index in [2.05, 4.69) is 15.9 Å². The highest BCUT2D eigenvalue weighted by atomic mass is 79.9. The van der Waals surface area contributed by atoms with Crippen LogP contribution in [-0.4, -0.2) is 0 Å². The molecule has 0 atom stereocenters. The van der Waals surface area contributed by atoms with Crippen LogP contribution in [0.2, 0.25) is 0 Å². The lowest BCUT2D eigenvalue weighted by Crippen LogP contribution is -1.96. The predicted molar refractivity (Wildman–Crippen MR) is 68.5 cm³/mol. The fraction of sp³-hybridized carbons (Fsp3) is 0.0769. The summed E-state index contributed by atoms with van der Waals surface area (Å²) in [6, 6.07) is 15.5. The Labute approximate surface area is 103 Å². The Morgan fingerprint density at radius 2 is 1.88 bits per heavy atom. The number of halogens is 1. The minimum Gasteiger partial charge on any atom is -0.456 e. The summed E-state index contributed by atoms with van der Waals surface area (Å²) in [4.78, 5) is 0. The predicted octanol–water partition coefficient (Wildman–Crippen LogP) is 3.70. The number of hydrogen-bond acceptors (Lipinski definition) is 2. The quantitative estimate of drug-likeness (QED) is 0.929. The van der Waals surface area contributed by atoms with Crippen molar-refractivity contribution in [1.29, 1.82) is 0 Å². The Hall–Kier alpha value is -1.32. The lowest BCUT2D eigenvalue weighted by atomic mass is 10.2. The molecule has 0 fully saturated rings. The molecule has 2 nitrogen and oxygen atoms in total. The van der Waals surface area contributed by atoms with Crippen molar-refractivity contribution in [2.75, 3.05) is 0 Å². The van der Waals surface area contributed by atoms with Crippen LogP contribution >= 0.6 is 15.9 Å². The molecule has 0 aliphatic heterocycles. The second-order valence-corrected chi connectivity index (χ2v) is 4.24. The molecular weight excluding hydrogens is 266 g/mol. The minimum atomic E-state index is 0.521. The van der Waals surface area contributed by atoms with Crippen LogP contribution in [0, 0.1) is 0 Å². The van der Waals surface area contributed by atoms with Crippen molar-refractivity contribution in [3.63, 3.8) is 0 Å². The fourth-order valence-corrected chi connectivity index (χ4v) is 1.76. The summed E-state index contributed by atoms with van der Waals surface area (Å²) in [5.74, 6) is 1.60. The van der Waals surface area contributed by atoms with Crippen LogP contribution in [-0.2, 0) is 6.54 Å². The van der Waals surface area contributed by atoms with Gasteiger partial charge in [-0.3, -0.25) is 0 Å². The first-order valence-electron chi connectivity index (χ1n) is 5.01. The molecule has 0 bridgehead atoms. The third kappa shape index (κ3) is 2.62. The highest BCUT2D eigenvalue weighted by Crippen LogP contribution is 2.29. The molecule has 0 aromatic heterocycles. The zero-order chi connectivity index (χ0) is 11.4. The van der Waals surface area contributed by atoms with Gasteiger partial charge < -0.3 is 10.5 Å². The van der Waals surface area contributed by atoms with Crippen molar-refractivity contribution in [2.24, 2.45) is 5.73 Å². The van der Waals surface area contributed by atoms with E-state index in [-0.39, 0.29) is 0 Å². The summed E-state index contributed by atoms with van der Waals surface area (Å²) < 4.78 is 6.69. The van der Waals surface area contributed by atoms with Crippen molar-refractivity contribution >= 4 is 15.9 Å². The summed E-state index contributed by atoms with van der Waals surface area (Å²) in [5.41, 5.74) is 6.64. The molecule has 0 aliphatic carbocycles. The van der Waals surface area contributed by atoms with Gasteiger partial charge in [-0.1, -0.05) is 24.3 Å². The number of para-hydroxylation sites is 1. The Morgan fingerprint density at radius 3 is 2.62 bits per heavy atom. The zero-order valence-corrected chi connectivity index (χ0v) is 10.3. The molecule has 0 aliphatic rings. The molecule has 2 aromatic rings. The van der Waals surface area contributed by atoms with Crippen LogP contribution in [0.4, 0.5) is 0 Å². The maximum absolute atomic E-state index is 5.75. The molecule has 2 N–H and O–H groups in total. The van der Waals surface area contributed by atoms with E-state index in [1.807, 2.05) is 48.5 Å². The Kier molecular flexibility index (Phi) is 3.59. The van der Waals surface area contributed by atoms with E-state index < -0.39 is 0 Å². The third-order valence-corrected chi connectivity index (χ3v) is 2.85. The van der Waals surface area contributed by atoms with Crippen LogP contribution in [0.25, 0.3) is 0 Å². The van der Waals surface area contributed by atoms with Gasteiger partial charge in [0, 0.05) is 6.54 Å². The summed E-state index contributed by atoms with van der Waals surface area (Å²) in [7, 11) is 0. The Balaban J connectivity index is 2.24. The third-order valence-electron chi connectivity index (χ3n) is 2.20. The fourth-order valence-electron chi connectivity index (χ4n) is 1.39. The molecule has 0 amide bonds. The second-order valence-electron chi connectivity index (χ2n) is 3.38. The largest absolute Gasteiger partial charge is 0.456 e. The Morgan fingerprint density at radius 1 is 1.06 bits per heavy atom. The average Bonchev–Trinajstić information content (AvgIpc) is 2.32. The highest BCUT2D eigenvalue weighted by Gasteiger charge is 2.01. The van der Waals surface area contributed by atoms with E-state index in [4.69, 9.17) is 10.5 Å². The average molecular weight is 278 g/mol. The molecule has 0 spiro atoms. The smallest absolute Gasteiger partial charge is 0.141 e. The maximum atomic E-state index is 5.75. The van der Waals surface area contributed by atoms with Gasteiger partial charge in [0.05, 0.1) is 4.47 Å². The molecule has 0 unspecified atom stereocenters. The molecule has 0 saturated carbocycles. The van der Waals surface area contributed by atoms with E-state index in [0.29, 0.717) is 6.54 Å². The summed E-state index contributed by atoms with van der Waals surface area (Å²) in [6.07, 6.45) is 0. The van der Waals surface area contributed by atoms with Crippen LogP contribution in [0.1, 0.15) is 5.56 Å². The first-order chi connectivity index (χ1) is 7.79. The SMILES string of the molecule is NCc1cccc(Oc2ccccc2Br)c1. The molecule has 0 heterocycles. The molecule has 2 aromatic carbocycles.